The van der Waals surface area contributed by atoms with Crippen molar-refractivity contribution >= 4 is 52.5 Å². The van der Waals surface area contributed by atoms with E-state index < -0.39 is 6.03 Å². The number of pyridine rings is 1. The van der Waals surface area contributed by atoms with Crippen molar-refractivity contribution in [1.29, 1.82) is 0 Å². The lowest BCUT2D eigenvalue weighted by Gasteiger charge is -2.12. The SMILES string of the molecule is COc1ccc(C)cc1NC(=O)Nc1ccc(-c2nnc(SCc3c(Cl)cccc3Cl)n2C)cn1. The Morgan fingerprint density at radius 1 is 1.09 bits per heavy atom. The summed E-state index contributed by atoms with van der Waals surface area (Å²) < 4.78 is 7.17. The van der Waals surface area contributed by atoms with E-state index in [1.807, 2.05) is 54.9 Å². The fraction of sp³-hybridized carbons (Fsp3) is 0.167. The molecule has 35 heavy (non-hydrogen) atoms. The second-order valence-electron chi connectivity index (χ2n) is 7.57. The zero-order valence-electron chi connectivity index (χ0n) is 19.2. The van der Waals surface area contributed by atoms with E-state index in [1.165, 1.54) is 11.8 Å². The summed E-state index contributed by atoms with van der Waals surface area (Å²) in [6.07, 6.45) is 1.63. The van der Waals surface area contributed by atoms with Gasteiger partial charge in [0.15, 0.2) is 11.0 Å². The Bertz CT molecular complexity index is 1340. The normalized spacial score (nSPS) is 10.8. The summed E-state index contributed by atoms with van der Waals surface area (Å²) in [6.45, 7) is 1.94. The van der Waals surface area contributed by atoms with Crippen LogP contribution in [0.5, 0.6) is 5.75 Å². The summed E-state index contributed by atoms with van der Waals surface area (Å²) in [7, 11) is 3.43. The number of methoxy groups -OCH3 is 1. The number of aryl methyl sites for hydroxylation is 1. The molecule has 2 heterocycles. The summed E-state index contributed by atoms with van der Waals surface area (Å²) in [5.41, 5.74) is 3.18. The number of thioether (sulfide) groups is 1. The number of nitrogens with zero attached hydrogens (tertiary/aromatic N) is 4. The topological polar surface area (TPSA) is 94.0 Å². The first-order chi connectivity index (χ1) is 16.9. The van der Waals surface area contributed by atoms with Gasteiger partial charge in [-0.15, -0.1) is 10.2 Å². The van der Waals surface area contributed by atoms with Crippen LogP contribution in [0.15, 0.2) is 59.9 Å². The van der Waals surface area contributed by atoms with Gasteiger partial charge in [-0.3, -0.25) is 5.32 Å². The number of hydrogen-bond donors (Lipinski definition) is 2. The van der Waals surface area contributed by atoms with Crippen molar-refractivity contribution < 1.29 is 9.53 Å². The summed E-state index contributed by atoms with van der Waals surface area (Å²) in [5.74, 6) is 2.17. The van der Waals surface area contributed by atoms with Crippen LogP contribution < -0.4 is 15.4 Å². The van der Waals surface area contributed by atoms with Gasteiger partial charge in [0.2, 0.25) is 0 Å². The molecule has 2 amide bonds. The summed E-state index contributed by atoms with van der Waals surface area (Å²) in [5, 5.41) is 16.0. The monoisotopic (exact) mass is 528 g/mol. The van der Waals surface area contributed by atoms with Gasteiger partial charge in [0.25, 0.3) is 0 Å². The second-order valence-corrected chi connectivity index (χ2v) is 9.33. The standard InChI is InChI=1S/C24H22Cl2N6O2S/c1-14-7-9-20(34-3)19(11-14)28-23(33)29-21-10-8-15(12-27-21)22-30-31-24(32(22)2)35-13-16-17(25)5-4-6-18(16)26/h4-12H,13H2,1-3H3,(H2,27,28,29,33). The van der Waals surface area contributed by atoms with Gasteiger partial charge in [-0.1, -0.05) is 47.1 Å². The minimum absolute atomic E-state index is 0.392. The Kier molecular flexibility index (Phi) is 7.80. The molecule has 2 aromatic heterocycles. The van der Waals surface area contributed by atoms with Gasteiger partial charge in [-0.25, -0.2) is 9.78 Å². The van der Waals surface area contributed by atoms with E-state index in [0.717, 1.165) is 16.7 Å². The Balaban J connectivity index is 1.41. The Morgan fingerprint density at radius 3 is 2.54 bits per heavy atom. The predicted molar refractivity (Wildman–Crippen MR) is 141 cm³/mol. The third kappa shape index (κ3) is 5.87. The highest BCUT2D eigenvalue weighted by atomic mass is 35.5. The van der Waals surface area contributed by atoms with Crippen LogP contribution in [0.3, 0.4) is 0 Å². The number of aromatic nitrogens is 4. The van der Waals surface area contributed by atoms with Crippen molar-refractivity contribution in [2.75, 3.05) is 17.7 Å². The van der Waals surface area contributed by atoms with Gasteiger partial charge in [0.1, 0.15) is 11.6 Å². The number of ether oxygens (including phenoxy) is 1. The highest BCUT2D eigenvalue weighted by Crippen LogP contribution is 2.32. The molecule has 0 saturated carbocycles. The number of amides is 2. The lowest BCUT2D eigenvalue weighted by molar-refractivity contribution is 0.262. The van der Waals surface area contributed by atoms with Crippen molar-refractivity contribution in [2.24, 2.45) is 7.05 Å². The zero-order valence-corrected chi connectivity index (χ0v) is 21.5. The molecule has 0 spiro atoms. The molecule has 0 atom stereocenters. The van der Waals surface area contributed by atoms with Crippen molar-refractivity contribution in [3.8, 4) is 17.1 Å². The molecule has 0 radical (unpaired) electrons. The molecule has 0 fully saturated rings. The molecule has 0 aliphatic carbocycles. The molecule has 11 heteroatoms. The minimum Gasteiger partial charge on any atom is -0.495 e. The second kappa shape index (κ2) is 11.0. The maximum Gasteiger partial charge on any atom is 0.324 e. The first-order valence-corrected chi connectivity index (χ1v) is 12.2. The maximum absolute atomic E-state index is 12.4. The molecule has 0 aliphatic heterocycles. The summed E-state index contributed by atoms with van der Waals surface area (Å²) in [4.78, 5) is 16.8. The molecule has 0 aliphatic rings. The molecule has 0 unspecified atom stereocenters. The number of halogens is 2. The van der Waals surface area contributed by atoms with E-state index in [-0.39, 0.29) is 0 Å². The molecular formula is C24H22Cl2N6O2S. The van der Waals surface area contributed by atoms with E-state index in [4.69, 9.17) is 27.9 Å². The van der Waals surface area contributed by atoms with Crippen molar-refractivity contribution in [3.63, 3.8) is 0 Å². The average Bonchev–Trinajstić information content (AvgIpc) is 3.19. The Labute approximate surface area is 217 Å². The first-order valence-electron chi connectivity index (χ1n) is 10.5. The van der Waals surface area contributed by atoms with Crippen LogP contribution in [0, 0.1) is 6.92 Å². The van der Waals surface area contributed by atoms with Crippen molar-refractivity contribution in [2.45, 2.75) is 17.8 Å². The number of benzene rings is 2. The van der Waals surface area contributed by atoms with Crippen LogP contribution in [0.25, 0.3) is 11.4 Å². The van der Waals surface area contributed by atoms with E-state index in [9.17, 15) is 4.79 Å². The fourth-order valence-corrected chi connectivity index (χ4v) is 4.94. The highest BCUT2D eigenvalue weighted by molar-refractivity contribution is 7.98. The van der Waals surface area contributed by atoms with E-state index in [2.05, 4.69) is 25.8 Å². The number of carbonyl (C=O) groups is 1. The lowest BCUT2D eigenvalue weighted by Crippen LogP contribution is -2.20. The van der Waals surface area contributed by atoms with E-state index in [1.54, 1.807) is 25.4 Å². The van der Waals surface area contributed by atoms with Crippen molar-refractivity contribution in [3.05, 3.63) is 75.9 Å². The molecule has 180 valence electrons. The van der Waals surface area contributed by atoms with Crippen LogP contribution in [0.2, 0.25) is 10.0 Å². The van der Waals surface area contributed by atoms with Gasteiger partial charge >= 0.3 is 6.03 Å². The largest absolute Gasteiger partial charge is 0.495 e. The number of urea groups is 1. The van der Waals surface area contributed by atoms with Crippen LogP contribution in [0.1, 0.15) is 11.1 Å². The number of hydrogen-bond acceptors (Lipinski definition) is 6. The van der Waals surface area contributed by atoms with Crippen LogP contribution in [-0.2, 0) is 12.8 Å². The van der Waals surface area contributed by atoms with E-state index >= 15 is 0 Å². The minimum atomic E-state index is -0.426. The first kappa shape index (κ1) is 24.8. The summed E-state index contributed by atoms with van der Waals surface area (Å²) in [6, 6.07) is 14.1. The van der Waals surface area contributed by atoms with Crippen LogP contribution in [-0.4, -0.2) is 32.9 Å². The molecular weight excluding hydrogens is 507 g/mol. The highest BCUT2D eigenvalue weighted by Gasteiger charge is 2.14. The number of nitrogens with one attached hydrogen (secondary N) is 2. The van der Waals surface area contributed by atoms with Gasteiger partial charge in [0.05, 0.1) is 12.8 Å². The number of carbonyl (C=O) groups excluding carboxylic acids is 1. The predicted octanol–water partition coefficient (Wildman–Crippen LogP) is 6.44. The third-order valence-corrected chi connectivity index (χ3v) is 6.86. The molecule has 0 bridgehead atoms. The van der Waals surface area contributed by atoms with Gasteiger partial charge in [-0.2, -0.15) is 0 Å². The van der Waals surface area contributed by atoms with E-state index in [0.29, 0.717) is 44.0 Å². The quantitative estimate of drug-likeness (QED) is 0.268. The third-order valence-electron chi connectivity index (χ3n) is 5.11. The van der Waals surface area contributed by atoms with Gasteiger partial charge < -0.3 is 14.6 Å². The average molecular weight is 529 g/mol. The zero-order chi connectivity index (χ0) is 24.9. The van der Waals surface area contributed by atoms with Gasteiger partial charge in [0, 0.05) is 34.6 Å². The lowest BCUT2D eigenvalue weighted by atomic mass is 10.2. The van der Waals surface area contributed by atoms with Crippen LogP contribution >= 0.6 is 35.0 Å². The number of rotatable bonds is 7. The van der Waals surface area contributed by atoms with Gasteiger partial charge in [-0.05, 0) is 54.4 Å². The maximum atomic E-state index is 12.4. The Hall–Kier alpha value is -3.27. The smallest absolute Gasteiger partial charge is 0.324 e. The molecule has 8 nitrogen and oxygen atoms in total. The van der Waals surface area contributed by atoms with Crippen LogP contribution in [0.4, 0.5) is 16.3 Å². The molecule has 2 aromatic carbocycles. The van der Waals surface area contributed by atoms with Crippen molar-refractivity contribution in [1.82, 2.24) is 19.7 Å². The Morgan fingerprint density at radius 2 is 1.86 bits per heavy atom. The molecule has 4 aromatic rings. The number of anilines is 2. The molecule has 0 saturated heterocycles. The summed E-state index contributed by atoms with van der Waals surface area (Å²) >= 11 is 14.0. The molecule has 4 rings (SSSR count). The molecule has 2 N–H and O–H groups in total. The fourth-order valence-electron chi connectivity index (χ4n) is 3.29.